The van der Waals surface area contributed by atoms with Crippen LogP contribution in [0.4, 0.5) is 5.69 Å². The van der Waals surface area contributed by atoms with Crippen molar-refractivity contribution in [3.63, 3.8) is 0 Å². The van der Waals surface area contributed by atoms with Crippen LogP contribution in [0.15, 0.2) is 41.9 Å². The van der Waals surface area contributed by atoms with Crippen molar-refractivity contribution in [3.8, 4) is 5.75 Å². The highest BCUT2D eigenvalue weighted by atomic mass is 16.6. The summed E-state index contributed by atoms with van der Waals surface area (Å²) in [6, 6.07) is 3.22. The van der Waals surface area contributed by atoms with Crippen LogP contribution in [0.3, 0.4) is 0 Å². The highest BCUT2D eigenvalue weighted by Crippen LogP contribution is 2.18. The third-order valence-corrected chi connectivity index (χ3v) is 2.37. The van der Waals surface area contributed by atoms with Crippen LogP contribution < -0.4 is 10.5 Å². The van der Waals surface area contributed by atoms with Gasteiger partial charge in [0.05, 0.1) is 17.3 Å². The number of non-ortho nitro benzene ring substituents is 1. The maximum atomic E-state index is 11.6. The average molecular weight is 286 g/mol. The molecule has 9 heteroatoms. The number of nitro benzene ring substituents is 1. The standard InChI is InChI=1S/C12H9N5O4/c18-11-2-1-9(17(20)21)5-8(11)6-15-16-12(19)10-7-13-3-4-14-10/h1-7,18H,(H,16,19)/p-1/b15-6-. The van der Waals surface area contributed by atoms with Crippen molar-refractivity contribution >= 4 is 17.8 Å². The van der Waals surface area contributed by atoms with E-state index in [1.807, 2.05) is 0 Å². The molecule has 106 valence electrons. The Morgan fingerprint density at radius 2 is 2.19 bits per heavy atom. The van der Waals surface area contributed by atoms with Crippen LogP contribution in [0.1, 0.15) is 16.1 Å². The van der Waals surface area contributed by atoms with Crippen molar-refractivity contribution in [2.45, 2.75) is 0 Å². The minimum atomic E-state index is -0.630. The molecule has 1 heterocycles. The number of carbonyl (C=O) groups excluding carboxylic acids is 1. The zero-order valence-electron chi connectivity index (χ0n) is 10.5. The molecular weight excluding hydrogens is 278 g/mol. The Kier molecular flexibility index (Phi) is 4.14. The van der Waals surface area contributed by atoms with Gasteiger partial charge in [0.15, 0.2) is 0 Å². The molecule has 0 saturated carbocycles. The van der Waals surface area contributed by atoms with Crippen LogP contribution in [0, 0.1) is 10.1 Å². The van der Waals surface area contributed by atoms with Crippen LogP contribution in [0.5, 0.6) is 5.75 Å². The first-order valence-electron chi connectivity index (χ1n) is 5.63. The molecule has 1 amide bonds. The lowest BCUT2D eigenvalue weighted by Gasteiger charge is -2.08. The zero-order valence-corrected chi connectivity index (χ0v) is 10.5. The van der Waals surface area contributed by atoms with E-state index in [0.717, 1.165) is 24.4 Å². The van der Waals surface area contributed by atoms with E-state index >= 15 is 0 Å². The number of benzene rings is 1. The minimum absolute atomic E-state index is 0.0105. The summed E-state index contributed by atoms with van der Waals surface area (Å²) < 4.78 is 0. The molecule has 2 aromatic rings. The minimum Gasteiger partial charge on any atom is -0.872 e. The summed E-state index contributed by atoms with van der Waals surface area (Å²) in [7, 11) is 0. The van der Waals surface area contributed by atoms with Gasteiger partial charge in [-0.2, -0.15) is 5.10 Å². The molecule has 0 aliphatic carbocycles. The van der Waals surface area contributed by atoms with Crippen LogP contribution in [-0.4, -0.2) is 27.0 Å². The Morgan fingerprint density at radius 3 is 2.86 bits per heavy atom. The van der Waals surface area contributed by atoms with Crippen LogP contribution in [-0.2, 0) is 0 Å². The molecule has 0 fully saturated rings. The molecule has 0 unspecified atom stereocenters. The first kappa shape index (κ1) is 14.1. The van der Waals surface area contributed by atoms with Gasteiger partial charge in [0, 0.05) is 24.5 Å². The summed E-state index contributed by atoms with van der Waals surface area (Å²) >= 11 is 0. The topological polar surface area (TPSA) is 133 Å². The van der Waals surface area contributed by atoms with E-state index in [9.17, 15) is 20.0 Å². The van der Waals surface area contributed by atoms with Crippen molar-refractivity contribution in [1.82, 2.24) is 15.4 Å². The largest absolute Gasteiger partial charge is 0.872 e. The molecule has 0 spiro atoms. The Balaban J connectivity index is 2.10. The second-order valence-corrected chi connectivity index (χ2v) is 3.77. The third kappa shape index (κ3) is 3.56. The van der Waals surface area contributed by atoms with Gasteiger partial charge < -0.3 is 5.11 Å². The molecule has 0 atom stereocenters. The van der Waals surface area contributed by atoms with Crippen LogP contribution in [0.2, 0.25) is 0 Å². The summed E-state index contributed by atoms with van der Waals surface area (Å²) in [5.41, 5.74) is 1.94. The van der Waals surface area contributed by atoms with Gasteiger partial charge in [0.2, 0.25) is 0 Å². The average Bonchev–Trinajstić information content (AvgIpc) is 2.49. The number of amides is 1. The van der Waals surface area contributed by atoms with Gasteiger partial charge in [-0.1, -0.05) is 11.8 Å². The van der Waals surface area contributed by atoms with E-state index in [0.29, 0.717) is 0 Å². The molecule has 1 N–H and O–H groups in total. The molecule has 0 aliphatic rings. The summed E-state index contributed by atoms with van der Waals surface area (Å²) in [6.45, 7) is 0. The highest BCUT2D eigenvalue weighted by Gasteiger charge is 2.06. The zero-order chi connectivity index (χ0) is 15.2. The van der Waals surface area contributed by atoms with E-state index in [1.165, 1.54) is 18.6 Å². The SMILES string of the molecule is O=C(N/N=C\c1cc([N+](=O)[O-])ccc1[O-])c1cnccn1. The number of nitro groups is 1. The maximum Gasteiger partial charge on any atom is 0.291 e. The number of nitrogens with zero attached hydrogens (tertiary/aromatic N) is 4. The van der Waals surface area contributed by atoms with Crippen LogP contribution in [0.25, 0.3) is 0 Å². The van der Waals surface area contributed by atoms with E-state index < -0.39 is 16.6 Å². The van der Waals surface area contributed by atoms with Gasteiger partial charge in [-0.25, -0.2) is 10.4 Å². The lowest BCUT2D eigenvalue weighted by molar-refractivity contribution is -0.385. The van der Waals surface area contributed by atoms with Crippen LogP contribution >= 0.6 is 0 Å². The van der Waals surface area contributed by atoms with E-state index in [4.69, 9.17) is 0 Å². The fourth-order valence-electron chi connectivity index (χ4n) is 1.38. The number of hydrogen-bond donors (Lipinski definition) is 1. The van der Waals surface area contributed by atoms with Crippen molar-refractivity contribution in [1.29, 1.82) is 0 Å². The summed E-state index contributed by atoms with van der Waals surface area (Å²) in [6.07, 6.45) is 5.03. The van der Waals surface area contributed by atoms with Crippen molar-refractivity contribution in [3.05, 3.63) is 58.2 Å². The fourth-order valence-corrected chi connectivity index (χ4v) is 1.38. The van der Waals surface area contributed by atoms with Gasteiger partial charge in [0.1, 0.15) is 5.69 Å². The lowest BCUT2D eigenvalue weighted by atomic mass is 10.2. The Morgan fingerprint density at radius 1 is 1.38 bits per heavy atom. The third-order valence-electron chi connectivity index (χ3n) is 2.37. The first-order valence-corrected chi connectivity index (χ1v) is 5.63. The molecule has 0 saturated heterocycles. The molecule has 0 aliphatic heterocycles. The number of hydrazone groups is 1. The van der Waals surface area contributed by atoms with Gasteiger partial charge in [-0.05, 0) is 5.56 Å². The van der Waals surface area contributed by atoms with Gasteiger partial charge >= 0.3 is 0 Å². The normalized spacial score (nSPS) is 10.5. The smallest absolute Gasteiger partial charge is 0.291 e. The van der Waals surface area contributed by atoms with E-state index in [-0.39, 0.29) is 16.9 Å². The van der Waals surface area contributed by atoms with Gasteiger partial charge in [-0.15, -0.1) is 0 Å². The molecule has 0 bridgehead atoms. The number of nitrogens with one attached hydrogen (secondary N) is 1. The predicted molar refractivity (Wildman–Crippen MR) is 69.6 cm³/mol. The first-order chi connectivity index (χ1) is 10.1. The molecule has 21 heavy (non-hydrogen) atoms. The molecular formula is C12H8N5O4-. The van der Waals surface area contributed by atoms with Gasteiger partial charge in [0.25, 0.3) is 11.6 Å². The number of aromatic nitrogens is 2. The number of hydrogen-bond acceptors (Lipinski definition) is 7. The van der Waals surface area contributed by atoms with Crippen molar-refractivity contribution < 1.29 is 14.8 Å². The second kappa shape index (κ2) is 6.19. The molecule has 9 nitrogen and oxygen atoms in total. The maximum absolute atomic E-state index is 11.6. The Labute approximate surface area is 118 Å². The van der Waals surface area contributed by atoms with Gasteiger partial charge in [-0.3, -0.25) is 19.9 Å². The molecule has 1 aromatic carbocycles. The van der Waals surface area contributed by atoms with E-state index in [1.54, 1.807) is 0 Å². The summed E-state index contributed by atoms with van der Waals surface area (Å²) in [5.74, 6) is -1.06. The number of rotatable bonds is 4. The monoisotopic (exact) mass is 286 g/mol. The second-order valence-electron chi connectivity index (χ2n) is 3.77. The highest BCUT2D eigenvalue weighted by molar-refractivity contribution is 5.93. The Hall–Kier alpha value is -3.36. The fraction of sp³-hybridized carbons (Fsp3) is 0. The molecule has 0 radical (unpaired) electrons. The van der Waals surface area contributed by atoms with E-state index in [2.05, 4.69) is 20.5 Å². The quantitative estimate of drug-likeness (QED) is 0.485. The Bertz CT molecular complexity index is 702. The lowest BCUT2D eigenvalue weighted by Crippen LogP contribution is -2.19. The summed E-state index contributed by atoms with van der Waals surface area (Å²) in [4.78, 5) is 29.0. The van der Waals surface area contributed by atoms with Crippen molar-refractivity contribution in [2.75, 3.05) is 0 Å². The number of carbonyl (C=O) groups is 1. The van der Waals surface area contributed by atoms with Crippen molar-refractivity contribution in [2.24, 2.45) is 5.10 Å². The predicted octanol–water partition coefficient (Wildman–Crippen LogP) is 0.222. The summed E-state index contributed by atoms with van der Waals surface area (Å²) in [5, 5.41) is 25.7. The molecule has 1 aromatic heterocycles. The molecule has 2 rings (SSSR count).